The van der Waals surface area contributed by atoms with Gasteiger partial charge < -0.3 is 5.32 Å². The molecular formula is C13H22N2O3. The van der Waals surface area contributed by atoms with Crippen LogP contribution in [-0.2, 0) is 14.4 Å². The molecule has 0 radical (unpaired) electrons. The Hall–Kier alpha value is -1.39. The first-order valence-electron chi connectivity index (χ1n) is 6.32. The highest BCUT2D eigenvalue weighted by molar-refractivity contribution is 6.07. The second-order valence-electron chi connectivity index (χ2n) is 5.76. The van der Waals surface area contributed by atoms with Gasteiger partial charge in [-0.1, -0.05) is 13.8 Å². The van der Waals surface area contributed by atoms with Crippen LogP contribution in [0.2, 0.25) is 0 Å². The van der Waals surface area contributed by atoms with E-state index < -0.39 is 5.41 Å². The maximum Gasteiger partial charge on any atom is 0.240 e. The number of imide groups is 1. The Labute approximate surface area is 108 Å². The zero-order chi connectivity index (χ0) is 14.1. The predicted octanol–water partition coefficient (Wildman–Crippen LogP) is 0.932. The predicted molar refractivity (Wildman–Crippen MR) is 67.6 cm³/mol. The van der Waals surface area contributed by atoms with Crippen molar-refractivity contribution < 1.29 is 14.4 Å². The summed E-state index contributed by atoms with van der Waals surface area (Å²) in [6, 6.07) is 0.00166. The first-order valence-corrected chi connectivity index (χ1v) is 6.32. The van der Waals surface area contributed by atoms with Gasteiger partial charge in [-0.15, -0.1) is 0 Å². The number of likely N-dealkylation sites (tertiary alicyclic amines) is 1. The molecule has 1 saturated heterocycles. The Morgan fingerprint density at radius 3 is 2.28 bits per heavy atom. The fraction of sp³-hybridized carbons (Fsp3) is 0.769. The summed E-state index contributed by atoms with van der Waals surface area (Å²) in [5.74, 6) is -0.705. The van der Waals surface area contributed by atoms with Gasteiger partial charge in [-0.25, -0.2) is 0 Å². The zero-order valence-electron chi connectivity index (χ0n) is 11.7. The van der Waals surface area contributed by atoms with Crippen molar-refractivity contribution >= 4 is 17.7 Å². The van der Waals surface area contributed by atoms with Crippen LogP contribution in [0.4, 0.5) is 0 Å². The van der Waals surface area contributed by atoms with E-state index in [4.69, 9.17) is 0 Å². The molecule has 1 atom stereocenters. The van der Waals surface area contributed by atoms with Gasteiger partial charge in [0.1, 0.15) is 6.54 Å². The van der Waals surface area contributed by atoms with E-state index in [9.17, 15) is 14.4 Å². The van der Waals surface area contributed by atoms with Crippen molar-refractivity contribution in [2.24, 2.45) is 11.3 Å². The quantitative estimate of drug-likeness (QED) is 0.759. The van der Waals surface area contributed by atoms with Gasteiger partial charge in [0, 0.05) is 12.5 Å². The van der Waals surface area contributed by atoms with Gasteiger partial charge in [0.25, 0.3) is 0 Å². The van der Waals surface area contributed by atoms with E-state index in [1.165, 1.54) is 0 Å². The third-order valence-electron chi connectivity index (χ3n) is 3.58. The number of amides is 3. The maximum atomic E-state index is 12.2. The number of carbonyl (C=O) groups excluding carboxylic acids is 3. The molecule has 0 bridgehead atoms. The lowest BCUT2D eigenvalue weighted by Crippen LogP contribution is -2.44. The summed E-state index contributed by atoms with van der Waals surface area (Å²) >= 11 is 0. The van der Waals surface area contributed by atoms with E-state index >= 15 is 0 Å². The van der Waals surface area contributed by atoms with Crippen molar-refractivity contribution in [3.8, 4) is 0 Å². The van der Waals surface area contributed by atoms with Crippen molar-refractivity contribution in [1.29, 1.82) is 0 Å². The van der Waals surface area contributed by atoms with Crippen LogP contribution in [0.3, 0.4) is 0 Å². The molecule has 3 amide bonds. The van der Waals surface area contributed by atoms with Crippen LogP contribution in [-0.4, -0.2) is 35.2 Å². The average molecular weight is 254 g/mol. The third-order valence-corrected chi connectivity index (χ3v) is 3.58. The molecule has 1 fully saturated rings. The van der Waals surface area contributed by atoms with Gasteiger partial charge in [-0.3, -0.25) is 19.3 Å². The molecule has 1 rings (SSSR count). The smallest absolute Gasteiger partial charge is 0.240 e. The molecule has 1 unspecified atom stereocenters. The van der Waals surface area contributed by atoms with Crippen LogP contribution in [0.15, 0.2) is 0 Å². The molecule has 5 nitrogen and oxygen atoms in total. The second-order valence-corrected chi connectivity index (χ2v) is 5.76. The van der Waals surface area contributed by atoms with Gasteiger partial charge in [0.15, 0.2) is 0 Å². The maximum absolute atomic E-state index is 12.2. The summed E-state index contributed by atoms with van der Waals surface area (Å²) in [5.41, 5.74) is -0.671. The van der Waals surface area contributed by atoms with Gasteiger partial charge in [-0.2, -0.15) is 0 Å². The van der Waals surface area contributed by atoms with E-state index in [1.54, 1.807) is 6.92 Å². The van der Waals surface area contributed by atoms with Crippen molar-refractivity contribution in [2.45, 2.75) is 47.1 Å². The molecule has 1 heterocycles. The third kappa shape index (κ3) is 2.71. The lowest BCUT2D eigenvalue weighted by atomic mass is 9.78. The van der Waals surface area contributed by atoms with Crippen LogP contribution in [0.25, 0.3) is 0 Å². The molecule has 0 aromatic carbocycles. The molecule has 0 saturated carbocycles. The number of hydrogen-bond acceptors (Lipinski definition) is 3. The van der Waals surface area contributed by atoms with Crippen molar-refractivity contribution in [1.82, 2.24) is 10.2 Å². The molecule has 5 heteroatoms. The minimum atomic E-state index is -0.671. The molecule has 0 aliphatic carbocycles. The molecule has 1 aliphatic rings. The van der Waals surface area contributed by atoms with Crippen LogP contribution in [0.5, 0.6) is 0 Å². The fourth-order valence-electron chi connectivity index (χ4n) is 2.03. The van der Waals surface area contributed by atoms with Gasteiger partial charge in [-0.05, 0) is 26.7 Å². The van der Waals surface area contributed by atoms with E-state index in [1.807, 2.05) is 27.7 Å². The van der Waals surface area contributed by atoms with Crippen LogP contribution >= 0.6 is 0 Å². The van der Waals surface area contributed by atoms with Crippen molar-refractivity contribution in [3.05, 3.63) is 0 Å². The summed E-state index contributed by atoms with van der Waals surface area (Å²) in [4.78, 5) is 36.8. The molecule has 102 valence electrons. The first-order chi connectivity index (χ1) is 8.18. The Morgan fingerprint density at radius 1 is 1.33 bits per heavy atom. The Kier molecular flexibility index (Phi) is 4.14. The summed E-state index contributed by atoms with van der Waals surface area (Å²) in [7, 11) is 0. The van der Waals surface area contributed by atoms with Crippen molar-refractivity contribution in [3.63, 3.8) is 0 Å². The number of nitrogens with zero attached hydrogens (tertiary/aromatic N) is 1. The standard InChI is InChI=1S/C13H22N2O3/c1-8(2)13(5)6-11(17)15(12(13)18)7-10(16)14-9(3)4/h8-9H,6-7H2,1-5H3,(H,14,16). The summed E-state index contributed by atoms with van der Waals surface area (Å²) in [5, 5.41) is 2.68. The molecule has 1 N–H and O–H groups in total. The van der Waals surface area contributed by atoms with Crippen LogP contribution in [0, 0.1) is 11.3 Å². The monoisotopic (exact) mass is 254 g/mol. The van der Waals surface area contributed by atoms with Gasteiger partial charge >= 0.3 is 0 Å². The van der Waals surface area contributed by atoms with E-state index in [2.05, 4.69) is 5.32 Å². The number of hydrogen-bond donors (Lipinski definition) is 1. The van der Waals surface area contributed by atoms with Gasteiger partial charge in [0.05, 0.1) is 5.41 Å². The topological polar surface area (TPSA) is 66.5 Å². The number of carbonyl (C=O) groups is 3. The lowest BCUT2D eigenvalue weighted by Gasteiger charge is -2.25. The van der Waals surface area contributed by atoms with Crippen LogP contribution < -0.4 is 5.32 Å². The normalized spacial score (nSPS) is 24.3. The molecule has 0 aromatic rings. The van der Waals surface area contributed by atoms with Gasteiger partial charge in [0.2, 0.25) is 17.7 Å². The number of nitrogens with one attached hydrogen (secondary N) is 1. The first kappa shape index (κ1) is 14.7. The molecule has 0 aromatic heterocycles. The van der Waals surface area contributed by atoms with Crippen LogP contribution in [0.1, 0.15) is 41.0 Å². The molecule has 18 heavy (non-hydrogen) atoms. The summed E-state index contributed by atoms with van der Waals surface area (Å²) in [6.45, 7) is 9.13. The SMILES string of the molecule is CC(C)NC(=O)CN1C(=O)CC(C)(C(C)C)C1=O. The Balaban J connectivity index is 2.77. The average Bonchev–Trinajstić information content (AvgIpc) is 2.42. The van der Waals surface area contributed by atoms with E-state index in [0.717, 1.165) is 4.90 Å². The Morgan fingerprint density at radius 2 is 1.89 bits per heavy atom. The largest absolute Gasteiger partial charge is 0.352 e. The summed E-state index contributed by atoms with van der Waals surface area (Å²) in [6.07, 6.45) is 0.193. The van der Waals surface area contributed by atoms with E-state index in [-0.39, 0.29) is 42.6 Å². The highest BCUT2D eigenvalue weighted by Crippen LogP contribution is 2.38. The minimum Gasteiger partial charge on any atom is -0.352 e. The molecule has 0 spiro atoms. The Bertz CT molecular complexity index is 376. The van der Waals surface area contributed by atoms with Crippen molar-refractivity contribution in [2.75, 3.05) is 6.54 Å². The second kappa shape index (κ2) is 5.08. The highest BCUT2D eigenvalue weighted by atomic mass is 16.2. The summed E-state index contributed by atoms with van der Waals surface area (Å²) < 4.78 is 0. The lowest BCUT2D eigenvalue weighted by molar-refractivity contribution is -0.145. The fourth-order valence-corrected chi connectivity index (χ4v) is 2.03. The zero-order valence-corrected chi connectivity index (χ0v) is 11.7. The van der Waals surface area contributed by atoms with E-state index in [0.29, 0.717) is 0 Å². The molecular weight excluding hydrogens is 232 g/mol. The minimum absolute atomic E-state index is 0.00166. The number of rotatable bonds is 4. The molecule has 1 aliphatic heterocycles. The highest BCUT2D eigenvalue weighted by Gasteiger charge is 2.50.